The molecular weight excluding hydrogens is 328 g/mol. The standard InChI is InChI=1S/C15H14BrClO2/c1-15(18,10-3-6-12(16)7-4-10)11-5-8-13(17)14(9-11)19-2/h3-9,18H,1-2H3. The van der Waals surface area contributed by atoms with Crippen LogP contribution in [0.1, 0.15) is 18.1 Å². The number of halogens is 2. The molecule has 0 amide bonds. The Morgan fingerprint density at radius 1 is 1.11 bits per heavy atom. The van der Waals surface area contributed by atoms with Crippen LogP contribution in [-0.2, 0) is 5.60 Å². The van der Waals surface area contributed by atoms with Crippen LogP contribution in [0.2, 0.25) is 5.02 Å². The van der Waals surface area contributed by atoms with Crippen molar-refractivity contribution in [2.24, 2.45) is 0 Å². The summed E-state index contributed by atoms with van der Waals surface area (Å²) in [5, 5.41) is 11.3. The summed E-state index contributed by atoms with van der Waals surface area (Å²) in [6.45, 7) is 1.75. The average molecular weight is 342 g/mol. The number of hydrogen-bond donors (Lipinski definition) is 1. The molecule has 0 fully saturated rings. The number of aliphatic hydroxyl groups is 1. The van der Waals surface area contributed by atoms with Gasteiger partial charge in [0.15, 0.2) is 0 Å². The van der Waals surface area contributed by atoms with Gasteiger partial charge in [-0.2, -0.15) is 0 Å². The van der Waals surface area contributed by atoms with Crippen molar-refractivity contribution in [3.05, 3.63) is 63.1 Å². The van der Waals surface area contributed by atoms with Crippen molar-refractivity contribution in [2.45, 2.75) is 12.5 Å². The van der Waals surface area contributed by atoms with Gasteiger partial charge in [-0.05, 0) is 42.3 Å². The first-order chi connectivity index (χ1) is 8.95. The van der Waals surface area contributed by atoms with E-state index in [0.717, 1.165) is 15.6 Å². The molecule has 0 aliphatic carbocycles. The minimum Gasteiger partial charge on any atom is -0.495 e. The second-order valence-corrected chi connectivity index (χ2v) is 5.75. The summed E-state index contributed by atoms with van der Waals surface area (Å²) in [6.07, 6.45) is 0. The second kappa shape index (κ2) is 5.53. The fourth-order valence-electron chi connectivity index (χ4n) is 1.90. The summed E-state index contributed by atoms with van der Waals surface area (Å²) in [5.74, 6) is 0.552. The summed E-state index contributed by atoms with van der Waals surface area (Å²) >= 11 is 9.38. The highest BCUT2D eigenvalue weighted by atomic mass is 79.9. The normalized spacial score (nSPS) is 13.9. The van der Waals surface area contributed by atoms with Crippen LogP contribution < -0.4 is 4.74 Å². The van der Waals surface area contributed by atoms with Gasteiger partial charge in [0, 0.05) is 4.47 Å². The van der Waals surface area contributed by atoms with Crippen LogP contribution in [0.25, 0.3) is 0 Å². The summed E-state index contributed by atoms with van der Waals surface area (Å²) < 4.78 is 6.16. The van der Waals surface area contributed by atoms with Crippen LogP contribution in [0.15, 0.2) is 46.9 Å². The van der Waals surface area contributed by atoms with E-state index in [0.29, 0.717) is 10.8 Å². The highest BCUT2D eigenvalue weighted by Crippen LogP contribution is 2.34. The van der Waals surface area contributed by atoms with Gasteiger partial charge < -0.3 is 9.84 Å². The predicted octanol–water partition coefficient (Wildman–Crippen LogP) is 4.37. The Morgan fingerprint density at radius 3 is 2.26 bits per heavy atom. The lowest BCUT2D eigenvalue weighted by atomic mass is 9.88. The highest BCUT2D eigenvalue weighted by molar-refractivity contribution is 9.10. The number of ether oxygens (including phenoxy) is 1. The Morgan fingerprint density at radius 2 is 1.68 bits per heavy atom. The lowest BCUT2D eigenvalue weighted by Crippen LogP contribution is -2.22. The molecule has 0 saturated heterocycles. The first-order valence-electron chi connectivity index (χ1n) is 5.77. The molecule has 19 heavy (non-hydrogen) atoms. The van der Waals surface area contributed by atoms with Crippen LogP contribution in [0.5, 0.6) is 5.75 Å². The van der Waals surface area contributed by atoms with E-state index in [1.807, 2.05) is 24.3 Å². The van der Waals surface area contributed by atoms with Crippen LogP contribution in [-0.4, -0.2) is 12.2 Å². The van der Waals surface area contributed by atoms with Gasteiger partial charge in [0.25, 0.3) is 0 Å². The van der Waals surface area contributed by atoms with Crippen LogP contribution in [0.4, 0.5) is 0 Å². The molecule has 0 spiro atoms. The van der Waals surface area contributed by atoms with Gasteiger partial charge in [0.05, 0.1) is 12.1 Å². The van der Waals surface area contributed by atoms with Gasteiger partial charge in [-0.3, -0.25) is 0 Å². The van der Waals surface area contributed by atoms with E-state index >= 15 is 0 Å². The molecule has 0 radical (unpaired) electrons. The van der Waals surface area contributed by atoms with Crippen molar-refractivity contribution in [3.63, 3.8) is 0 Å². The smallest absolute Gasteiger partial charge is 0.137 e. The van der Waals surface area contributed by atoms with Crippen molar-refractivity contribution in [1.29, 1.82) is 0 Å². The van der Waals surface area contributed by atoms with Gasteiger partial charge in [0.2, 0.25) is 0 Å². The van der Waals surface area contributed by atoms with Crippen LogP contribution in [0, 0.1) is 0 Å². The third-order valence-corrected chi connectivity index (χ3v) is 3.96. The van der Waals surface area contributed by atoms with Crippen molar-refractivity contribution < 1.29 is 9.84 Å². The molecule has 0 aliphatic heterocycles. The van der Waals surface area contributed by atoms with E-state index in [2.05, 4.69) is 15.9 Å². The lowest BCUT2D eigenvalue weighted by Gasteiger charge is -2.25. The second-order valence-electron chi connectivity index (χ2n) is 4.43. The molecule has 100 valence electrons. The number of rotatable bonds is 3. The summed E-state index contributed by atoms with van der Waals surface area (Å²) in [5.41, 5.74) is 0.439. The number of methoxy groups -OCH3 is 1. The third-order valence-electron chi connectivity index (χ3n) is 3.12. The fraction of sp³-hybridized carbons (Fsp3) is 0.200. The maximum absolute atomic E-state index is 10.7. The zero-order chi connectivity index (χ0) is 14.0. The number of benzene rings is 2. The largest absolute Gasteiger partial charge is 0.495 e. The molecule has 0 aliphatic rings. The minimum absolute atomic E-state index is 0.526. The van der Waals surface area contributed by atoms with Crippen LogP contribution in [0.3, 0.4) is 0 Å². The quantitative estimate of drug-likeness (QED) is 0.898. The summed E-state index contributed by atoms with van der Waals surface area (Å²) in [4.78, 5) is 0. The summed E-state index contributed by atoms with van der Waals surface area (Å²) in [7, 11) is 1.55. The Labute approximate surface area is 126 Å². The molecule has 1 unspecified atom stereocenters. The van der Waals surface area contributed by atoms with E-state index in [9.17, 15) is 5.11 Å². The van der Waals surface area contributed by atoms with Crippen LogP contribution >= 0.6 is 27.5 Å². The monoisotopic (exact) mass is 340 g/mol. The molecule has 2 rings (SSSR count). The summed E-state index contributed by atoms with van der Waals surface area (Å²) in [6, 6.07) is 12.8. The predicted molar refractivity (Wildman–Crippen MR) is 80.8 cm³/mol. The molecule has 2 aromatic carbocycles. The van der Waals surface area contributed by atoms with E-state index in [-0.39, 0.29) is 0 Å². The highest BCUT2D eigenvalue weighted by Gasteiger charge is 2.26. The van der Waals surface area contributed by atoms with Gasteiger partial charge in [-0.15, -0.1) is 0 Å². The SMILES string of the molecule is COc1cc(C(C)(O)c2ccc(Br)cc2)ccc1Cl. The average Bonchev–Trinajstić information content (AvgIpc) is 2.39. The van der Waals surface area contributed by atoms with Crippen molar-refractivity contribution in [3.8, 4) is 5.75 Å². The first kappa shape index (κ1) is 14.4. The van der Waals surface area contributed by atoms with Crippen molar-refractivity contribution in [1.82, 2.24) is 0 Å². The molecule has 0 bridgehead atoms. The van der Waals surface area contributed by atoms with Crippen molar-refractivity contribution >= 4 is 27.5 Å². The molecule has 0 heterocycles. The van der Waals surface area contributed by atoms with E-state index in [1.54, 1.807) is 32.2 Å². The molecule has 4 heteroatoms. The molecular formula is C15H14BrClO2. The first-order valence-corrected chi connectivity index (χ1v) is 6.94. The zero-order valence-electron chi connectivity index (χ0n) is 10.7. The maximum atomic E-state index is 10.7. The Balaban J connectivity index is 2.46. The number of hydrogen-bond acceptors (Lipinski definition) is 2. The molecule has 0 saturated carbocycles. The maximum Gasteiger partial charge on any atom is 0.137 e. The fourth-order valence-corrected chi connectivity index (χ4v) is 2.36. The third kappa shape index (κ3) is 2.94. The Hall–Kier alpha value is -1.03. The molecule has 0 aromatic heterocycles. The van der Waals surface area contributed by atoms with Gasteiger partial charge >= 0.3 is 0 Å². The van der Waals surface area contributed by atoms with E-state index in [1.165, 1.54) is 0 Å². The van der Waals surface area contributed by atoms with Gasteiger partial charge in [-0.25, -0.2) is 0 Å². The topological polar surface area (TPSA) is 29.5 Å². The zero-order valence-corrected chi connectivity index (χ0v) is 13.0. The molecule has 2 nitrogen and oxygen atoms in total. The Bertz CT molecular complexity index is 579. The lowest BCUT2D eigenvalue weighted by molar-refractivity contribution is 0.102. The van der Waals surface area contributed by atoms with E-state index in [4.69, 9.17) is 16.3 Å². The minimum atomic E-state index is -1.10. The molecule has 1 N–H and O–H groups in total. The van der Waals surface area contributed by atoms with Gasteiger partial charge in [-0.1, -0.05) is 45.7 Å². The van der Waals surface area contributed by atoms with Crippen molar-refractivity contribution in [2.75, 3.05) is 7.11 Å². The molecule has 1 atom stereocenters. The van der Waals surface area contributed by atoms with Gasteiger partial charge in [0.1, 0.15) is 11.4 Å². The Kier molecular flexibility index (Phi) is 4.19. The van der Waals surface area contributed by atoms with E-state index < -0.39 is 5.60 Å². The molecule has 2 aromatic rings.